The van der Waals surface area contributed by atoms with Crippen LogP contribution < -0.4 is 10.1 Å². The number of carbonyl (C=O) groups is 2. The number of benzene rings is 3. The first-order valence-electron chi connectivity index (χ1n) is 12.1. The molecule has 1 unspecified atom stereocenters. The fraction of sp³-hybridized carbons (Fsp3) is 0.207. The third-order valence-electron chi connectivity index (χ3n) is 6.02. The lowest BCUT2D eigenvalue weighted by atomic mass is 10.0. The zero-order valence-corrected chi connectivity index (χ0v) is 21.2. The summed E-state index contributed by atoms with van der Waals surface area (Å²) < 4.78 is 49.6. The Hall–Kier alpha value is -4.64. The molecule has 40 heavy (non-hydrogen) atoms. The molecule has 11 heteroatoms. The van der Waals surface area contributed by atoms with E-state index in [1.807, 2.05) is 0 Å². The normalized spacial score (nSPS) is 12.2. The van der Waals surface area contributed by atoms with Gasteiger partial charge in [-0.2, -0.15) is 13.2 Å². The number of methoxy groups -OCH3 is 1. The van der Waals surface area contributed by atoms with Crippen LogP contribution in [-0.4, -0.2) is 46.8 Å². The van der Waals surface area contributed by atoms with E-state index in [9.17, 15) is 33.0 Å². The summed E-state index contributed by atoms with van der Waals surface area (Å²) in [7, 11) is 1.49. The SMILES string of the molecule is COCC(Cc1ccc(O)cc1)NC(=O)c1cc(C(=O)O)c2cc(COc3cccc(C(F)(F)F)c3)ccc2n1. The van der Waals surface area contributed by atoms with Gasteiger partial charge in [-0.25, -0.2) is 9.78 Å². The van der Waals surface area contributed by atoms with Gasteiger partial charge in [0.05, 0.1) is 29.3 Å². The Morgan fingerprint density at radius 3 is 2.40 bits per heavy atom. The average Bonchev–Trinajstić information content (AvgIpc) is 2.92. The second-order valence-corrected chi connectivity index (χ2v) is 9.02. The van der Waals surface area contributed by atoms with Crippen molar-refractivity contribution in [2.24, 2.45) is 0 Å². The molecule has 0 spiro atoms. The van der Waals surface area contributed by atoms with Crippen LogP contribution >= 0.6 is 0 Å². The van der Waals surface area contributed by atoms with Crippen LogP contribution in [-0.2, 0) is 23.9 Å². The second kappa shape index (κ2) is 12.0. The number of carbonyl (C=O) groups excluding carboxylic acids is 1. The number of carboxylic acids is 1. The van der Waals surface area contributed by atoms with E-state index in [0.29, 0.717) is 12.0 Å². The fourth-order valence-electron chi connectivity index (χ4n) is 4.11. The van der Waals surface area contributed by atoms with Crippen LogP contribution in [0.2, 0.25) is 0 Å². The van der Waals surface area contributed by atoms with Crippen molar-refractivity contribution in [2.75, 3.05) is 13.7 Å². The lowest BCUT2D eigenvalue weighted by Crippen LogP contribution is -2.40. The van der Waals surface area contributed by atoms with Gasteiger partial charge in [0.2, 0.25) is 0 Å². The Morgan fingerprint density at radius 1 is 1.00 bits per heavy atom. The number of halogens is 3. The first-order valence-corrected chi connectivity index (χ1v) is 12.1. The highest BCUT2D eigenvalue weighted by Gasteiger charge is 2.30. The number of aromatic nitrogens is 1. The summed E-state index contributed by atoms with van der Waals surface area (Å²) >= 11 is 0. The van der Waals surface area contributed by atoms with Gasteiger partial charge in [-0.1, -0.05) is 24.3 Å². The van der Waals surface area contributed by atoms with Crippen molar-refractivity contribution in [3.63, 3.8) is 0 Å². The summed E-state index contributed by atoms with van der Waals surface area (Å²) in [5.41, 5.74) is 0.470. The zero-order chi connectivity index (χ0) is 28.9. The molecule has 3 aromatic carbocycles. The van der Waals surface area contributed by atoms with Crippen molar-refractivity contribution in [3.8, 4) is 11.5 Å². The van der Waals surface area contributed by atoms with E-state index < -0.39 is 29.7 Å². The molecule has 0 aliphatic heterocycles. The van der Waals surface area contributed by atoms with Crippen LogP contribution in [0.3, 0.4) is 0 Å². The summed E-state index contributed by atoms with van der Waals surface area (Å²) in [5.74, 6) is -1.75. The highest BCUT2D eigenvalue weighted by Crippen LogP contribution is 2.31. The molecule has 0 saturated heterocycles. The van der Waals surface area contributed by atoms with Crippen molar-refractivity contribution in [3.05, 3.63) is 101 Å². The minimum absolute atomic E-state index is 0.0106. The molecular formula is C29H25F3N2O6. The third kappa shape index (κ3) is 7.06. The van der Waals surface area contributed by atoms with Crippen molar-refractivity contribution < 1.29 is 42.4 Å². The number of ether oxygens (including phenoxy) is 2. The molecule has 3 N–H and O–H groups in total. The van der Waals surface area contributed by atoms with E-state index >= 15 is 0 Å². The molecule has 1 amide bonds. The molecule has 1 atom stereocenters. The monoisotopic (exact) mass is 554 g/mol. The number of nitrogens with one attached hydrogen (secondary N) is 1. The van der Waals surface area contributed by atoms with Crippen molar-refractivity contribution in [1.29, 1.82) is 0 Å². The standard InChI is InChI=1S/C29H25F3N2O6/c1-39-16-20(11-17-5-8-21(35)9-6-17)33-27(36)26-14-24(28(37)38)23-12-18(7-10-25(23)34-26)15-40-22-4-2-3-19(13-22)29(30,31)32/h2-10,12-14,20,35H,11,15-16H2,1H3,(H,33,36)(H,37,38). The molecule has 0 radical (unpaired) electrons. The van der Waals surface area contributed by atoms with Crippen LogP contribution in [0.4, 0.5) is 13.2 Å². The number of nitrogens with zero attached hydrogens (tertiary/aromatic N) is 1. The number of amides is 1. The Kier molecular flexibility index (Phi) is 8.54. The Bertz CT molecular complexity index is 1520. The minimum atomic E-state index is -4.51. The van der Waals surface area contributed by atoms with Gasteiger partial charge in [0.1, 0.15) is 23.8 Å². The highest BCUT2D eigenvalue weighted by molar-refractivity contribution is 6.06. The number of phenols is 1. The van der Waals surface area contributed by atoms with E-state index in [1.165, 1.54) is 49.6 Å². The van der Waals surface area contributed by atoms with Crippen LogP contribution in [0, 0.1) is 0 Å². The van der Waals surface area contributed by atoms with Crippen molar-refractivity contribution in [2.45, 2.75) is 25.2 Å². The Balaban J connectivity index is 1.54. The van der Waals surface area contributed by atoms with Gasteiger partial charge < -0.3 is 25.0 Å². The number of hydrogen-bond donors (Lipinski definition) is 3. The molecule has 1 heterocycles. The molecule has 8 nitrogen and oxygen atoms in total. The molecule has 0 fully saturated rings. The smallest absolute Gasteiger partial charge is 0.416 e. The number of fused-ring (bicyclic) bond motifs is 1. The minimum Gasteiger partial charge on any atom is -0.508 e. The largest absolute Gasteiger partial charge is 0.508 e. The van der Waals surface area contributed by atoms with Gasteiger partial charge in [-0.3, -0.25) is 4.79 Å². The summed E-state index contributed by atoms with van der Waals surface area (Å²) in [6, 6.07) is 16.3. The maximum Gasteiger partial charge on any atom is 0.416 e. The summed E-state index contributed by atoms with van der Waals surface area (Å²) in [5, 5.41) is 22.4. The maximum atomic E-state index is 13.1. The number of aromatic hydroxyl groups is 1. The first kappa shape index (κ1) is 28.4. The summed E-state index contributed by atoms with van der Waals surface area (Å²) in [6.45, 7) is 0.0652. The van der Waals surface area contributed by atoms with Gasteiger partial charge in [0, 0.05) is 12.5 Å². The molecular weight excluding hydrogens is 529 g/mol. The van der Waals surface area contributed by atoms with Crippen molar-refractivity contribution >= 4 is 22.8 Å². The molecule has 0 aliphatic carbocycles. The quantitative estimate of drug-likeness (QED) is 0.246. The number of rotatable bonds is 10. The van der Waals surface area contributed by atoms with E-state index in [2.05, 4.69) is 10.3 Å². The molecule has 208 valence electrons. The maximum absolute atomic E-state index is 13.1. The predicted molar refractivity (Wildman–Crippen MR) is 139 cm³/mol. The third-order valence-corrected chi connectivity index (χ3v) is 6.02. The summed E-state index contributed by atoms with van der Waals surface area (Å²) in [4.78, 5) is 29.5. The lowest BCUT2D eigenvalue weighted by Gasteiger charge is -2.18. The van der Waals surface area contributed by atoms with E-state index in [0.717, 1.165) is 17.7 Å². The van der Waals surface area contributed by atoms with Gasteiger partial charge in [0.25, 0.3) is 5.91 Å². The van der Waals surface area contributed by atoms with Crippen LogP contribution in [0.25, 0.3) is 10.9 Å². The average molecular weight is 555 g/mol. The molecule has 1 aromatic heterocycles. The summed E-state index contributed by atoms with van der Waals surface area (Å²) in [6.07, 6.45) is -4.11. The Labute approximate surface area is 227 Å². The number of alkyl halides is 3. The number of hydrogen-bond acceptors (Lipinski definition) is 6. The molecule has 4 aromatic rings. The van der Waals surface area contributed by atoms with Gasteiger partial charge in [0.15, 0.2) is 0 Å². The predicted octanol–water partition coefficient (Wildman–Crippen LogP) is 5.22. The first-order chi connectivity index (χ1) is 19.0. The van der Waals surface area contributed by atoms with Gasteiger partial charge in [-0.15, -0.1) is 0 Å². The van der Waals surface area contributed by atoms with Gasteiger partial charge in [-0.05, 0) is 66.1 Å². The topological polar surface area (TPSA) is 118 Å². The molecule has 0 aliphatic rings. The van der Waals surface area contributed by atoms with Crippen molar-refractivity contribution in [1.82, 2.24) is 10.3 Å². The van der Waals surface area contributed by atoms with E-state index in [1.54, 1.807) is 18.2 Å². The zero-order valence-electron chi connectivity index (χ0n) is 21.2. The van der Waals surface area contributed by atoms with Crippen LogP contribution in [0.15, 0.2) is 72.8 Å². The highest BCUT2D eigenvalue weighted by atomic mass is 19.4. The number of pyridine rings is 1. The molecule has 0 bridgehead atoms. The van der Waals surface area contributed by atoms with Crippen LogP contribution in [0.1, 0.15) is 37.5 Å². The molecule has 4 rings (SSSR count). The Morgan fingerprint density at radius 2 is 1.73 bits per heavy atom. The number of phenolic OH excluding ortho intramolecular Hbond substituents is 1. The lowest BCUT2D eigenvalue weighted by molar-refractivity contribution is -0.137. The van der Waals surface area contributed by atoms with E-state index in [4.69, 9.17) is 9.47 Å². The van der Waals surface area contributed by atoms with Crippen LogP contribution in [0.5, 0.6) is 11.5 Å². The second-order valence-electron chi connectivity index (χ2n) is 9.02. The fourth-order valence-corrected chi connectivity index (χ4v) is 4.11. The van der Waals surface area contributed by atoms with E-state index in [-0.39, 0.29) is 46.9 Å². The number of carboxylic acid groups (broad SMARTS) is 1. The number of aromatic carboxylic acids is 1. The van der Waals surface area contributed by atoms with Gasteiger partial charge >= 0.3 is 12.1 Å². The molecule has 0 saturated carbocycles.